The second kappa shape index (κ2) is 6.37. The summed E-state index contributed by atoms with van der Waals surface area (Å²) in [6.45, 7) is 5.21. The molecule has 0 unspecified atom stereocenters. The van der Waals surface area contributed by atoms with Crippen molar-refractivity contribution in [2.75, 3.05) is 31.7 Å². The minimum Gasteiger partial charge on any atom is -0.352 e. The van der Waals surface area contributed by atoms with Crippen molar-refractivity contribution < 1.29 is 9.28 Å². The lowest BCUT2D eigenvalue weighted by Gasteiger charge is -2.26. The van der Waals surface area contributed by atoms with Crippen molar-refractivity contribution in [1.82, 2.24) is 5.32 Å². The lowest BCUT2D eigenvalue weighted by molar-refractivity contribution is -0.874. The minimum absolute atomic E-state index is 0.0835. The lowest BCUT2D eigenvalue weighted by Crippen LogP contribution is -2.40. The van der Waals surface area contributed by atoms with Crippen LogP contribution in [0.3, 0.4) is 0 Å². The highest BCUT2D eigenvalue weighted by Crippen LogP contribution is 2.02. The van der Waals surface area contributed by atoms with Crippen LogP contribution >= 0.6 is 22.6 Å². The predicted molar refractivity (Wildman–Crippen MR) is 63.7 cm³/mol. The molecule has 0 aliphatic carbocycles. The molecule has 0 aromatic carbocycles. The average molecular weight is 297 g/mol. The zero-order valence-electron chi connectivity index (χ0n) is 8.35. The van der Waals surface area contributed by atoms with Crippen LogP contribution in [0.25, 0.3) is 0 Å². The van der Waals surface area contributed by atoms with Gasteiger partial charge < -0.3 is 9.80 Å². The number of nitrogens with one attached hydrogen (secondary N) is 1. The molecular formula is C9H18IN2O+. The summed E-state index contributed by atoms with van der Waals surface area (Å²) >= 11 is 2.37. The van der Waals surface area contributed by atoms with E-state index in [2.05, 4.69) is 48.6 Å². The van der Waals surface area contributed by atoms with Gasteiger partial charge in [0.25, 0.3) is 0 Å². The van der Waals surface area contributed by atoms with E-state index in [-0.39, 0.29) is 5.91 Å². The molecule has 0 fully saturated rings. The fourth-order valence-corrected chi connectivity index (χ4v) is 1.19. The second-order valence-corrected chi connectivity index (χ2v) is 4.31. The van der Waals surface area contributed by atoms with Gasteiger partial charge in [-0.3, -0.25) is 4.79 Å². The van der Waals surface area contributed by atoms with Gasteiger partial charge in [0.05, 0.1) is 20.6 Å². The highest BCUT2D eigenvalue weighted by Gasteiger charge is 2.11. The molecular weight excluding hydrogens is 279 g/mol. The fraction of sp³-hybridized carbons (Fsp3) is 0.667. The molecule has 0 radical (unpaired) electrons. The van der Waals surface area contributed by atoms with Gasteiger partial charge in [0.1, 0.15) is 4.55 Å². The zero-order chi connectivity index (χ0) is 10.3. The number of quaternary nitrogens is 1. The van der Waals surface area contributed by atoms with Crippen LogP contribution in [0.4, 0.5) is 0 Å². The van der Waals surface area contributed by atoms with Crippen molar-refractivity contribution in [2.24, 2.45) is 0 Å². The SMILES string of the molecule is C=CC(=O)NCCC[N+](C)(C)CI. The molecule has 3 nitrogen and oxygen atoms in total. The second-order valence-electron chi connectivity index (χ2n) is 3.63. The Kier molecular flexibility index (Phi) is 6.32. The Morgan fingerprint density at radius 3 is 2.69 bits per heavy atom. The third-order valence-corrected chi connectivity index (χ3v) is 3.60. The summed E-state index contributed by atoms with van der Waals surface area (Å²) in [4.78, 5) is 10.8. The summed E-state index contributed by atoms with van der Waals surface area (Å²) in [5, 5.41) is 2.76. The highest BCUT2D eigenvalue weighted by molar-refractivity contribution is 14.1. The molecule has 4 heteroatoms. The molecule has 0 rings (SSSR count). The summed E-state index contributed by atoms with van der Waals surface area (Å²) < 4.78 is 2.08. The maximum atomic E-state index is 10.8. The number of carbonyl (C=O) groups excluding carboxylic acids is 1. The fourth-order valence-electron chi connectivity index (χ4n) is 0.851. The predicted octanol–water partition coefficient (Wildman–Crippen LogP) is 1.15. The normalized spacial score (nSPS) is 11.0. The van der Waals surface area contributed by atoms with Crippen molar-refractivity contribution in [3.05, 3.63) is 12.7 Å². The van der Waals surface area contributed by atoms with Gasteiger partial charge in [-0.05, 0) is 28.7 Å². The lowest BCUT2D eigenvalue weighted by atomic mass is 10.3. The molecule has 0 aliphatic heterocycles. The maximum Gasteiger partial charge on any atom is 0.243 e. The Balaban J connectivity index is 3.46. The van der Waals surface area contributed by atoms with E-state index in [1.807, 2.05) is 0 Å². The van der Waals surface area contributed by atoms with Gasteiger partial charge in [-0.2, -0.15) is 0 Å². The summed E-state index contributed by atoms with van der Waals surface area (Å²) in [5.41, 5.74) is 0. The van der Waals surface area contributed by atoms with Gasteiger partial charge in [0, 0.05) is 13.0 Å². The van der Waals surface area contributed by atoms with E-state index in [0.29, 0.717) is 0 Å². The smallest absolute Gasteiger partial charge is 0.243 e. The maximum absolute atomic E-state index is 10.8. The van der Waals surface area contributed by atoms with Crippen molar-refractivity contribution in [1.29, 1.82) is 0 Å². The van der Waals surface area contributed by atoms with Crippen molar-refractivity contribution in [3.8, 4) is 0 Å². The zero-order valence-corrected chi connectivity index (χ0v) is 10.5. The van der Waals surface area contributed by atoms with Crippen LogP contribution in [0.5, 0.6) is 0 Å². The van der Waals surface area contributed by atoms with Crippen molar-refractivity contribution >= 4 is 28.5 Å². The highest BCUT2D eigenvalue weighted by atomic mass is 127. The van der Waals surface area contributed by atoms with Crippen LogP contribution < -0.4 is 5.32 Å². The van der Waals surface area contributed by atoms with Gasteiger partial charge >= 0.3 is 0 Å². The van der Waals surface area contributed by atoms with Crippen molar-refractivity contribution in [3.63, 3.8) is 0 Å². The first-order chi connectivity index (χ1) is 6.02. The number of nitrogens with zero attached hydrogens (tertiary/aromatic N) is 1. The standard InChI is InChI=1S/C9H17IN2O/c1-4-9(13)11-6-5-7-12(2,3)8-10/h4H,1,5-8H2,2-3H3/p+1. The van der Waals surface area contributed by atoms with Crippen LogP contribution in [-0.4, -0.2) is 42.1 Å². The van der Waals surface area contributed by atoms with E-state index >= 15 is 0 Å². The third kappa shape index (κ3) is 7.01. The number of hydrogen-bond acceptors (Lipinski definition) is 1. The van der Waals surface area contributed by atoms with Crippen LogP contribution in [0.1, 0.15) is 6.42 Å². The molecule has 0 saturated heterocycles. The Hall–Kier alpha value is -0.100. The molecule has 0 heterocycles. The summed E-state index contributed by atoms with van der Waals surface area (Å²) in [6.07, 6.45) is 2.31. The molecule has 13 heavy (non-hydrogen) atoms. The molecule has 0 aromatic heterocycles. The largest absolute Gasteiger partial charge is 0.352 e. The first kappa shape index (κ1) is 12.9. The van der Waals surface area contributed by atoms with Crippen LogP contribution in [0.15, 0.2) is 12.7 Å². The monoisotopic (exact) mass is 297 g/mol. The number of halogens is 1. The van der Waals surface area contributed by atoms with Gasteiger partial charge in [0.15, 0.2) is 0 Å². The number of rotatable bonds is 6. The molecule has 0 spiro atoms. The van der Waals surface area contributed by atoms with E-state index in [1.165, 1.54) is 6.08 Å². The Morgan fingerprint density at radius 1 is 1.62 bits per heavy atom. The third-order valence-electron chi connectivity index (χ3n) is 1.75. The molecule has 1 amide bonds. The summed E-state index contributed by atoms with van der Waals surface area (Å²) in [5.74, 6) is -0.0835. The molecule has 1 N–H and O–H groups in total. The van der Waals surface area contributed by atoms with E-state index in [4.69, 9.17) is 0 Å². The van der Waals surface area contributed by atoms with Crippen LogP contribution in [0, 0.1) is 0 Å². The first-order valence-corrected chi connectivity index (χ1v) is 5.82. The van der Waals surface area contributed by atoms with Gasteiger partial charge in [-0.15, -0.1) is 0 Å². The average Bonchev–Trinajstić information content (AvgIpc) is 2.12. The number of hydrogen-bond donors (Lipinski definition) is 1. The summed E-state index contributed by atoms with van der Waals surface area (Å²) in [6, 6.07) is 0. The molecule has 0 bridgehead atoms. The Morgan fingerprint density at radius 2 is 2.23 bits per heavy atom. The quantitative estimate of drug-likeness (QED) is 0.195. The summed E-state index contributed by atoms with van der Waals surface area (Å²) in [7, 11) is 4.36. The van der Waals surface area contributed by atoms with Gasteiger partial charge in [-0.1, -0.05) is 6.58 Å². The molecule has 0 aromatic rings. The first-order valence-electron chi connectivity index (χ1n) is 4.30. The van der Waals surface area contributed by atoms with E-state index in [0.717, 1.165) is 28.5 Å². The van der Waals surface area contributed by atoms with Crippen molar-refractivity contribution in [2.45, 2.75) is 6.42 Å². The Labute approximate surface area is 93.9 Å². The molecule has 0 saturated carbocycles. The van der Waals surface area contributed by atoms with Crippen LogP contribution in [0.2, 0.25) is 0 Å². The Bertz CT molecular complexity index is 180. The number of alkyl halides is 1. The number of carbonyl (C=O) groups is 1. The molecule has 76 valence electrons. The molecule has 0 atom stereocenters. The number of amides is 1. The minimum atomic E-state index is -0.0835. The van der Waals surface area contributed by atoms with E-state index in [9.17, 15) is 4.79 Å². The topological polar surface area (TPSA) is 29.1 Å². The van der Waals surface area contributed by atoms with Gasteiger partial charge in [0.2, 0.25) is 5.91 Å². The van der Waals surface area contributed by atoms with Crippen LogP contribution in [-0.2, 0) is 4.79 Å². The van der Waals surface area contributed by atoms with Gasteiger partial charge in [-0.25, -0.2) is 0 Å². The van der Waals surface area contributed by atoms with E-state index < -0.39 is 0 Å². The van der Waals surface area contributed by atoms with E-state index in [1.54, 1.807) is 0 Å². The molecule has 0 aliphatic rings.